The van der Waals surface area contributed by atoms with Gasteiger partial charge in [0.15, 0.2) is 0 Å². The van der Waals surface area contributed by atoms with Crippen LogP contribution in [0.5, 0.6) is 11.5 Å². The molecule has 2 fully saturated rings. The van der Waals surface area contributed by atoms with E-state index >= 15 is 0 Å². The maximum absolute atomic E-state index is 10.3. The number of phenols is 1. The lowest BCUT2D eigenvalue weighted by atomic mass is 9.44. The van der Waals surface area contributed by atoms with Crippen molar-refractivity contribution in [2.45, 2.75) is 58.0 Å². The molecule has 0 unspecified atom stereocenters. The van der Waals surface area contributed by atoms with E-state index in [0.717, 1.165) is 30.9 Å². The van der Waals surface area contributed by atoms with Crippen LogP contribution in [-0.4, -0.2) is 10.7 Å². The molecular weight excluding hydrogens is 320 g/mol. The van der Waals surface area contributed by atoms with E-state index in [1.54, 1.807) is 0 Å². The Morgan fingerprint density at radius 1 is 1.08 bits per heavy atom. The summed E-state index contributed by atoms with van der Waals surface area (Å²) in [5, 5.41) is 10.3. The van der Waals surface area contributed by atoms with E-state index in [0.29, 0.717) is 23.0 Å². The van der Waals surface area contributed by atoms with Crippen LogP contribution >= 0.6 is 0 Å². The van der Waals surface area contributed by atoms with Gasteiger partial charge in [-0.05, 0) is 61.1 Å². The predicted octanol–water partition coefficient (Wildman–Crippen LogP) is 5.48. The zero-order chi connectivity index (χ0) is 18.1. The molecule has 2 saturated carbocycles. The van der Waals surface area contributed by atoms with Crippen LogP contribution < -0.4 is 4.74 Å². The number of aromatic hydroxyl groups is 1. The van der Waals surface area contributed by atoms with E-state index in [2.05, 4.69) is 51.1 Å². The predicted molar refractivity (Wildman–Crippen MR) is 104 cm³/mol. The largest absolute Gasteiger partial charge is 0.508 e. The number of benzene rings is 2. The first-order valence-electron chi connectivity index (χ1n) is 9.99. The second kappa shape index (κ2) is 5.28. The third kappa shape index (κ3) is 2.11. The molecule has 0 aromatic heterocycles. The van der Waals surface area contributed by atoms with E-state index in [-0.39, 0.29) is 5.60 Å². The fraction of sp³-hybridized carbons (Fsp3) is 0.500. The van der Waals surface area contributed by atoms with Crippen LogP contribution in [-0.2, 0) is 12.8 Å². The van der Waals surface area contributed by atoms with Crippen LogP contribution in [0.2, 0.25) is 0 Å². The summed E-state index contributed by atoms with van der Waals surface area (Å²) in [5.41, 5.74) is 4.26. The number of ether oxygens (including phenoxy) is 1. The molecule has 26 heavy (non-hydrogen) atoms. The van der Waals surface area contributed by atoms with Gasteiger partial charge in [-0.2, -0.15) is 0 Å². The first-order valence-corrected chi connectivity index (χ1v) is 9.99. The molecule has 2 aromatic carbocycles. The third-order valence-corrected chi connectivity index (χ3v) is 7.60. The molecule has 2 aliphatic carbocycles. The fourth-order valence-corrected chi connectivity index (χ4v) is 6.37. The SMILES string of the molecule is CC1(C)[C@@H]2c3c(CCc4ccccc4)cc(O)cc3O[C@]3(C)CC[C@H]1[C@H]23. The quantitative estimate of drug-likeness (QED) is 0.796. The molecule has 0 radical (unpaired) electrons. The lowest BCUT2D eigenvalue weighted by Gasteiger charge is -2.62. The summed E-state index contributed by atoms with van der Waals surface area (Å²) in [5.74, 6) is 3.22. The molecule has 0 bridgehead atoms. The van der Waals surface area contributed by atoms with E-state index in [4.69, 9.17) is 4.74 Å². The van der Waals surface area contributed by atoms with Crippen molar-refractivity contribution in [3.63, 3.8) is 0 Å². The van der Waals surface area contributed by atoms with Crippen LogP contribution in [0.3, 0.4) is 0 Å². The summed E-state index contributed by atoms with van der Waals surface area (Å²) < 4.78 is 6.55. The van der Waals surface area contributed by atoms with Crippen molar-refractivity contribution in [1.82, 2.24) is 0 Å². The fourth-order valence-electron chi connectivity index (χ4n) is 6.37. The summed E-state index contributed by atoms with van der Waals surface area (Å²) >= 11 is 0. The van der Waals surface area contributed by atoms with E-state index < -0.39 is 0 Å². The molecule has 0 spiro atoms. The van der Waals surface area contributed by atoms with Crippen molar-refractivity contribution in [2.75, 3.05) is 0 Å². The first-order chi connectivity index (χ1) is 12.4. The molecule has 1 N–H and O–H groups in total. The average Bonchev–Trinajstić information content (AvgIpc) is 2.94. The van der Waals surface area contributed by atoms with E-state index in [1.165, 1.54) is 23.1 Å². The van der Waals surface area contributed by atoms with E-state index in [1.807, 2.05) is 12.1 Å². The summed E-state index contributed by atoms with van der Waals surface area (Å²) in [7, 11) is 0. The van der Waals surface area contributed by atoms with Crippen LogP contribution in [0.15, 0.2) is 42.5 Å². The summed E-state index contributed by atoms with van der Waals surface area (Å²) in [6.07, 6.45) is 4.35. The van der Waals surface area contributed by atoms with Gasteiger partial charge in [-0.1, -0.05) is 44.2 Å². The molecule has 0 amide bonds. The van der Waals surface area contributed by atoms with Crippen LogP contribution in [0.4, 0.5) is 0 Å². The standard InChI is InChI=1S/C24H28O2/c1-23(2)18-11-12-24(3)21(18)22(23)20-16(13-17(25)14-19(20)26-24)10-9-15-7-5-4-6-8-15/h4-8,13-14,18,21-22,25H,9-12H2,1-3H3/t18-,21+,22+,24+/m0/s1. The average molecular weight is 348 g/mol. The van der Waals surface area contributed by atoms with Crippen LogP contribution in [0.25, 0.3) is 0 Å². The molecule has 1 aliphatic heterocycles. The molecule has 1 heterocycles. The number of rotatable bonds is 3. The maximum atomic E-state index is 10.3. The van der Waals surface area contributed by atoms with Gasteiger partial charge in [0.2, 0.25) is 0 Å². The minimum Gasteiger partial charge on any atom is -0.508 e. The van der Waals surface area contributed by atoms with Crippen LogP contribution in [0, 0.1) is 17.3 Å². The topological polar surface area (TPSA) is 29.5 Å². The van der Waals surface area contributed by atoms with Crippen molar-refractivity contribution < 1.29 is 9.84 Å². The molecule has 4 atom stereocenters. The number of fused-ring (bicyclic) bond motifs is 2. The highest BCUT2D eigenvalue weighted by molar-refractivity contribution is 5.54. The first kappa shape index (κ1) is 16.2. The Morgan fingerprint density at radius 2 is 1.85 bits per heavy atom. The Morgan fingerprint density at radius 3 is 2.62 bits per heavy atom. The van der Waals surface area contributed by atoms with Gasteiger partial charge in [0.25, 0.3) is 0 Å². The highest BCUT2D eigenvalue weighted by atomic mass is 16.5. The zero-order valence-electron chi connectivity index (χ0n) is 16.0. The highest BCUT2D eigenvalue weighted by Crippen LogP contribution is 2.73. The summed E-state index contributed by atoms with van der Waals surface area (Å²) in [4.78, 5) is 0. The second-order valence-corrected chi connectivity index (χ2v) is 9.39. The molecule has 136 valence electrons. The smallest absolute Gasteiger partial charge is 0.127 e. The van der Waals surface area contributed by atoms with Crippen molar-refractivity contribution in [3.05, 3.63) is 59.2 Å². The minimum atomic E-state index is -0.0532. The van der Waals surface area contributed by atoms with E-state index in [9.17, 15) is 5.11 Å². The van der Waals surface area contributed by atoms with Gasteiger partial charge in [0.1, 0.15) is 17.1 Å². The van der Waals surface area contributed by atoms with Gasteiger partial charge in [-0.15, -0.1) is 0 Å². The molecule has 5 rings (SSSR count). The van der Waals surface area contributed by atoms with Crippen molar-refractivity contribution in [2.24, 2.45) is 17.3 Å². The molecule has 2 aromatic rings. The number of aryl methyl sites for hydroxylation is 2. The van der Waals surface area contributed by atoms with Gasteiger partial charge in [0, 0.05) is 23.5 Å². The second-order valence-electron chi connectivity index (χ2n) is 9.39. The Hall–Kier alpha value is -1.96. The monoisotopic (exact) mass is 348 g/mol. The Kier molecular flexibility index (Phi) is 3.30. The third-order valence-electron chi connectivity index (χ3n) is 7.60. The number of hydrogen-bond donors (Lipinski definition) is 1. The van der Waals surface area contributed by atoms with Gasteiger partial charge in [0.05, 0.1) is 0 Å². The number of hydrogen-bond acceptors (Lipinski definition) is 2. The summed E-state index contributed by atoms with van der Waals surface area (Å²) in [6.45, 7) is 7.16. The molecule has 2 nitrogen and oxygen atoms in total. The molecule has 2 heteroatoms. The van der Waals surface area contributed by atoms with Gasteiger partial charge >= 0.3 is 0 Å². The van der Waals surface area contributed by atoms with Crippen molar-refractivity contribution >= 4 is 0 Å². The number of phenolic OH excluding ortho intramolecular Hbond substituents is 1. The lowest BCUT2D eigenvalue weighted by molar-refractivity contribution is -0.120. The molecule has 0 saturated heterocycles. The van der Waals surface area contributed by atoms with Gasteiger partial charge in [-0.25, -0.2) is 0 Å². The van der Waals surface area contributed by atoms with Gasteiger partial charge in [-0.3, -0.25) is 0 Å². The lowest BCUT2D eigenvalue weighted by Crippen LogP contribution is -2.59. The normalized spacial score (nSPS) is 33.0. The Labute approximate surface area is 156 Å². The Bertz CT molecular complexity index is 854. The zero-order valence-corrected chi connectivity index (χ0v) is 16.0. The highest BCUT2D eigenvalue weighted by Gasteiger charge is 2.69. The summed E-state index contributed by atoms with van der Waals surface area (Å²) in [6, 6.07) is 14.5. The van der Waals surface area contributed by atoms with Crippen molar-refractivity contribution in [3.8, 4) is 11.5 Å². The minimum absolute atomic E-state index is 0.0532. The van der Waals surface area contributed by atoms with Crippen molar-refractivity contribution in [1.29, 1.82) is 0 Å². The molecular formula is C24H28O2. The van der Waals surface area contributed by atoms with Gasteiger partial charge < -0.3 is 9.84 Å². The maximum Gasteiger partial charge on any atom is 0.127 e. The molecule has 3 aliphatic rings. The Balaban J connectivity index is 1.56. The van der Waals surface area contributed by atoms with Crippen LogP contribution in [0.1, 0.15) is 56.2 Å².